The van der Waals surface area contributed by atoms with Crippen molar-refractivity contribution < 1.29 is 22.1 Å². The first-order chi connectivity index (χ1) is 11.3. The molecule has 0 saturated heterocycles. The highest BCUT2D eigenvalue weighted by atomic mass is 32.2. The summed E-state index contributed by atoms with van der Waals surface area (Å²) in [6.45, 7) is 3.58. The van der Waals surface area contributed by atoms with Crippen LogP contribution in [-0.2, 0) is 21.1 Å². The number of rotatable bonds is 7. The van der Waals surface area contributed by atoms with Crippen molar-refractivity contribution in [1.82, 2.24) is 10.5 Å². The number of halogens is 1. The van der Waals surface area contributed by atoms with Crippen molar-refractivity contribution in [1.29, 1.82) is 0 Å². The van der Waals surface area contributed by atoms with E-state index in [9.17, 15) is 17.6 Å². The Bertz CT molecular complexity index is 794. The van der Waals surface area contributed by atoms with Crippen LogP contribution in [0.3, 0.4) is 0 Å². The first-order valence-electron chi connectivity index (χ1n) is 7.46. The summed E-state index contributed by atoms with van der Waals surface area (Å²) in [6, 6.07) is 4.61. The minimum absolute atomic E-state index is 0.000143. The predicted molar refractivity (Wildman–Crippen MR) is 85.8 cm³/mol. The molecule has 0 saturated carbocycles. The van der Waals surface area contributed by atoms with Gasteiger partial charge >= 0.3 is 0 Å². The number of sulfone groups is 1. The van der Waals surface area contributed by atoms with Crippen molar-refractivity contribution in [3.8, 4) is 0 Å². The molecule has 1 heterocycles. The van der Waals surface area contributed by atoms with E-state index >= 15 is 0 Å². The van der Waals surface area contributed by atoms with Crippen LogP contribution in [0, 0.1) is 19.7 Å². The lowest BCUT2D eigenvalue weighted by Gasteiger charge is -2.07. The van der Waals surface area contributed by atoms with E-state index in [1.165, 1.54) is 12.1 Å². The van der Waals surface area contributed by atoms with Gasteiger partial charge in [-0.3, -0.25) is 4.79 Å². The molecular formula is C16H19FN2O4S. The van der Waals surface area contributed by atoms with Crippen LogP contribution in [0.2, 0.25) is 0 Å². The van der Waals surface area contributed by atoms with Crippen LogP contribution >= 0.6 is 0 Å². The van der Waals surface area contributed by atoms with E-state index in [0.717, 1.165) is 23.4 Å². The maximum Gasteiger partial charge on any atom is 0.220 e. The summed E-state index contributed by atoms with van der Waals surface area (Å²) in [5.74, 6) is -0.305. The number of nitrogens with zero attached hydrogens (tertiary/aromatic N) is 1. The van der Waals surface area contributed by atoms with E-state index in [1.807, 2.05) is 0 Å². The SMILES string of the molecule is Cc1noc(C)c1CCC(=O)NCCS(=O)(=O)c1ccc(F)cc1. The number of hydrogen-bond donors (Lipinski definition) is 1. The van der Waals surface area contributed by atoms with Gasteiger partial charge in [0.15, 0.2) is 9.84 Å². The molecule has 0 unspecified atom stereocenters. The summed E-state index contributed by atoms with van der Waals surface area (Å²) in [5.41, 5.74) is 1.64. The second-order valence-electron chi connectivity index (χ2n) is 5.43. The summed E-state index contributed by atoms with van der Waals surface area (Å²) in [4.78, 5) is 11.9. The van der Waals surface area contributed by atoms with Gasteiger partial charge in [-0.2, -0.15) is 0 Å². The molecule has 0 aliphatic rings. The van der Waals surface area contributed by atoms with E-state index < -0.39 is 15.7 Å². The molecule has 0 radical (unpaired) electrons. The first kappa shape index (κ1) is 18.1. The van der Waals surface area contributed by atoms with Crippen molar-refractivity contribution >= 4 is 15.7 Å². The molecule has 2 aromatic rings. The number of aryl methyl sites for hydroxylation is 2. The van der Waals surface area contributed by atoms with Crippen molar-refractivity contribution in [3.05, 3.63) is 47.1 Å². The van der Waals surface area contributed by atoms with Crippen LogP contribution in [-0.4, -0.2) is 31.8 Å². The van der Waals surface area contributed by atoms with Crippen LogP contribution in [0.15, 0.2) is 33.7 Å². The Labute approximate surface area is 140 Å². The summed E-state index contributed by atoms with van der Waals surface area (Å²) in [6.07, 6.45) is 0.706. The Kier molecular flexibility index (Phi) is 5.71. The van der Waals surface area contributed by atoms with Crippen molar-refractivity contribution in [2.75, 3.05) is 12.3 Å². The molecule has 130 valence electrons. The maximum atomic E-state index is 12.8. The van der Waals surface area contributed by atoms with Gasteiger partial charge in [-0.25, -0.2) is 12.8 Å². The van der Waals surface area contributed by atoms with Crippen LogP contribution in [0.1, 0.15) is 23.4 Å². The minimum Gasteiger partial charge on any atom is -0.361 e. The average molecular weight is 354 g/mol. The molecule has 8 heteroatoms. The minimum atomic E-state index is -3.55. The molecule has 1 aromatic heterocycles. The molecule has 0 aliphatic heterocycles. The van der Waals surface area contributed by atoms with E-state index in [1.54, 1.807) is 13.8 Å². The lowest BCUT2D eigenvalue weighted by atomic mass is 10.1. The van der Waals surface area contributed by atoms with E-state index in [-0.39, 0.29) is 29.5 Å². The summed E-state index contributed by atoms with van der Waals surface area (Å²) >= 11 is 0. The predicted octanol–water partition coefficient (Wildman–Crippen LogP) is 1.95. The number of nitrogens with one attached hydrogen (secondary N) is 1. The highest BCUT2D eigenvalue weighted by molar-refractivity contribution is 7.91. The van der Waals surface area contributed by atoms with Gasteiger partial charge in [-0.05, 0) is 44.5 Å². The Morgan fingerprint density at radius 3 is 2.50 bits per heavy atom. The van der Waals surface area contributed by atoms with Gasteiger partial charge < -0.3 is 9.84 Å². The molecule has 0 bridgehead atoms. The Morgan fingerprint density at radius 2 is 1.92 bits per heavy atom. The Morgan fingerprint density at radius 1 is 1.25 bits per heavy atom. The molecule has 0 atom stereocenters. The molecule has 2 rings (SSSR count). The van der Waals surface area contributed by atoms with Gasteiger partial charge in [-0.15, -0.1) is 0 Å². The molecule has 24 heavy (non-hydrogen) atoms. The van der Waals surface area contributed by atoms with Gasteiger partial charge in [-0.1, -0.05) is 5.16 Å². The third-order valence-corrected chi connectivity index (χ3v) is 5.38. The number of aromatic nitrogens is 1. The lowest BCUT2D eigenvalue weighted by molar-refractivity contribution is -0.120. The topological polar surface area (TPSA) is 89.3 Å². The fourth-order valence-electron chi connectivity index (χ4n) is 2.27. The second kappa shape index (κ2) is 7.57. The zero-order valence-electron chi connectivity index (χ0n) is 13.5. The van der Waals surface area contributed by atoms with Gasteiger partial charge in [0, 0.05) is 18.5 Å². The molecular weight excluding hydrogens is 335 g/mol. The van der Waals surface area contributed by atoms with Crippen LogP contribution in [0.4, 0.5) is 4.39 Å². The average Bonchev–Trinajstić information content (AvgIpc) is 2.84. The second-order valence-corrected chi connectivity index (χ2v) is 7.53. The summed E-state index contributed by atoms with van der Waals surface area (Å²) < 4.78 is 42.0. The normalized spacial score (nSPS) is 11.5. The number of amides is 1. The third kappa shape index (κ3) is 4.64. The summed E-state index contributed by atoms with van der Waals surface area (Å²) in [5, 5.41) is 6.39. The zero-order chi connectivity index (χ0) is 17.7. The fourth-order valence-corrected chi connectivity index (χ4v) is 3.43. The van der Waals surface area contributed by atoms with Crippen LogP contribution < -0.4 is 5.32 Å². The quantitative estimate of drug-likeness (QED) is 0.768. The van der Waals surface area contributed by atoms with Crippen molar-refractivity contribution in [2.45, 2.75) is 31.6 Å². The number of carbonyl (C=O) groups is 1. The van der Waals surface area contributed by atoms with Gasteiger partial charge in [0.1, 0.15) is 11.6 Å². The standard InChI is InChI=1S/C16H19FN2O4S/c1-11-15(12(2)23-19-11)7-8-16(20)18-9-10-24(21,22)14-5-3-13(17)4-6-14/h3-6H,7-10H2,1-2H3,(H,18,20). The molecule has 1 N–H and O–H groups in total. The molecule has 0 spiro atoms. The number of carbonyl (C=O) groups excluding carboxylic acids is 1. The van der Waals surface area contributed by atoms with Crippen LogP contribution in [0.25, 0.3) is 0 Å². The molecule has 1 aromatic carbocycles. The molecule has 0 aliphatic carbocycles. The number of benzene rings is 1. The van der Waals surface area contributed by atoms with E-state index in [0.29, 0.717) is 12.2 Å². The molecule has 1 amide bonds. The van der Waals surface area contributed by atoms with E-state index in [4.69, 9.17) is 4.52 Å². The highest BCUT2D eigenvalue weighted by Gasteiger charge is 2.15. The number of hydrogen-bond acceptors (Lipinski definition) is 5. The Balaban J connectivity index is 1.81. The Hall–Kier alpha value is -2.22. The monoisotopic (exact) mass is 354 g/mol. The first-order valence-corrected chi connectivity index (χ1v) is 9.11. The highest BCUT2D eigenvalue weighted by Crippen LogP contribution is 2.14. The smallest absolute Gasteiger partial charge is 0.220 e. The van der Waals surface area contributed by atoms with Gasteiger partial charge in [0.25, 0.3) is 0 Å². The van der Waals surface area contributed by atoms with Gasteiger partial charge in [0.05, 0.1) is 16.3 Å². The lowest BCUT2D eigenvalue weighted by Crippen LogP contribution is -2.29. The third-order valence-electron chi connectivity index (χ3n) is 3.65. The molecule has 6 nitrogen and oxygen atoms in total. The largest absolute Gasteiger partial charge is 0.361 e. The maximum absolute atomic E-state index is 12.8. The van der Waals surface area contributed by atoms with Gasteiger partial charge in [0.2, 0.25) is 5.91 Å². The molecule has 0 fully saturated rings. The zero-order valence-corrected chi connectivity index (χ0v) is 14.3. The van der Waals surface area contributed by atoms with Crippen LogP contribution in [0.5, 0.6) is 0 Å². The fraction of sp³-hybridized carbons (Fsp3) is 0.375. The van der Waals surface area contributed by atoms with Crippen molar-refractivity contribution in [2.24, 2.45) is 0 Å². The van der Waals surface area contributed by atoms with Crippen molar-refractivity contribution in [3.63, 3.8) is 0 Å². The van der Waals surface area contributed by atoms with E-state index in [2.05, 4.69) is 10.5 Å². The summed E-state index contributed by atoms with van der Waals surface area (Å²) in [7, 11) is -3.55.